The quantitative estimate of drug-likeness (QED) is 0.705. The Balaban J connectivity index is 1.82. The van der Waals surface area contributed by atoms with Crippen molar-refractivity contribution in [2.75, 3.05) is 11.5 Å². The molecule has 1 saturated heterocycles. The average molecular weight is 395 g/mol. The fourth-order valence-electron chi connectivity index (χ4n) is 3.34. The highest BCUT2D eigenvalue weighted by Crippen LogP contribution is 2.27. The Morgan fingerprint density at radius 1 is 1.31 bits per heavy atom. The van der Waals surface area contributed by atoms with Gasteiger partial charge in [0.25, 0.3) is 0 Å². The third-order valence-corrected chi connectivity index (χ3v) is 7.20. The molecular formula is C18H26N4O2S2. The van der Waals surface area contributed by atoms with Crippen LogP contribution in [0.25, 0.3) is 0 Å². The van der Waals surface area contributed by atoms with E-state index in [1.54, 1.807) is 0 Å². The molecule has 2 aromatic rings. The first-order valence-electron chi connectivity index (χ1n) is 8.89. The van der Waals surface area contributed by atoms with Crippen LogP contribution in [0.3, 0.4) is 0 Å². The Morgan fingerprint density at radius 3 is 2.58 bits per heavy atom. The monoisotopic (exact) mass is 394 g/mol. The van der Waals surface area contributed by atoms with Gasteiger partial charge in [-0.1, -0.05) is 30.3 Å². The van der Waals surface area contributed by atoms with Gasteiger partial charge in [-0.2, -0.15) is 5.10 Å². The van der Waals surface area contributed by atoms with Crippen LogP contribution in [0.5, 0.6) is 0 Å². The van der Waals surface area contributed by atoms with E-state index >= 15 is 0 Å². The van der Waals surface area contributed by atoms with Crippen LogP contribution < -0.4 is 0 Å². The fourth-order valence-corrected chi connectivity index (χ4v) is 5.27. The molecule has 1 atom stereocenters. The summed E-state index contributed by atoms with van der Waals surface area (Å²) in [6, 6.07) is 10.6. The molecule has 1 aromatic carbocycles. The normalized spacial score (nSPS) is 19.5. The molecule has 1 aliphatic rings. The molecule has 2 heterocycles. The van der Waals surface area contributed by atoms with E-state index in [1.807, 2.05) is 34.5 Å². The summed E-state index contributed by atoms with van der Waals surface area (Å²) in [6.45, 7) is 5.70. The van der Waals surface area contributed by atoms with Gasteiger partial charge in [-0.05, 0) is 38.0 Å². The van der Waals surface area contributed by atoms with E-state index in [9.17, 15) is 8.42 Å². The van der Waals surface area contributed by atoms with Crippen molar-refractivity contribution in [1.29, 1.82) is 0 Å². The van der Waals surface area contributed by atoms with Gasteiger partial charge in [-0.25, -0.2) is 13.1 Å². The number of rotatable bonds is 6. The average Bonchev–Trinajstić information content (AvgIpc) is 3.09. The lowest BCUT2D eigenvalue weighted by Gasteiger charge is -2.26. The maximum atomic E-state index is 11.8. The second-order valence-electron chi connectivity index (χ2n) is 7.27. The molecule has 142 valence electrons. The molecule has 3 rings (SSSR count). The van der Waals surface area contributed by atoms with Gasteiger partial charge >= 0.3 is 0 Å². The molecule has 1 aromatic heterocycles. The largest absolute Gasteiger partial charge is 0.307 e. The zero-order valence-corrected chi connectivity index (χ0v) is 17.1. The van der Waals surface area contributed by atoms with E-state index in [2.05, 4.69) is 30.9 Å². The Morgan fingerprint density at radius 2 is 2.00 bits per heavy atom. The van der Waals surface area contributed by atoms with Crippen LogP contribution in [0.2, 0.25) is 0 Å². The SMILES string of the molecule is CC(C)N(Cc1ccccc1)Cn1nc(C2CCS(=O)(=O)C2)n(C)c1=S. The van der Waals surface area contributed by atoms with Gasteiger partial charge in [0.15, 0.2) is 14.6 Å². The van der Waals surface area contributed by atoms with Crippen LogP contribution in [-0.2, 0) is 30.1 Å². The third kappa shape index (κ3) is 4.24. The predicted molar refractivity (Wildman–Crippen MR) is 105 cm³/mol. The molecule has 0 aliphatic carbocycles. The van der Waals surface area contributed by atoms with Crippen molar-refractivity contribution in [3.63, 3.8) is 0 Å². The summed E-state index contributed by atoms with van der Waals surface area (Å²) in [7, 11) is -1.07. The Labute approximate surface area is 160 Å². The molecule has 0 radical (unpaired) electrons. The van der Waals surface area contributed by atoms with E-state index in [-0.39, 0.29) is 17.4 Å². The maximum absolute atomic E-state index is 11.8. The summed E-state index contributed by atoms with van der Waals surface area (Å²) in [5.41, 5.74) is 1.24. The van der Waals surface area contributed by atoms with E-state index in [1.165, 1.54) is 5.56 Å². The van der Waals surface area contributed by atoms with Crippen LogP contribution in [0.15, 0.2) is 30.3 Å². The van der Waals surface area contributed by atoms with Gasteiger partial charge in [-0.15, -0.1) is 0 Å². The summed E-state index contributed by atoms with van der Waals surface area (Å²) in [5, 5.41) is 4.69. The zero-order chi connectivity index (χ0) is 18.9. The number of aromatic nitrogens is 3. The molecule has 0 amide bonds. The smallest absolute Gasteiger partial charge is 0.198 e. The summed E-state index contributed by atoms with van der Waals surface area (Å²) in [4.78, 5) is 2.30. The van der Waals surface area contributed by atoms with E-state index in [4.69, 9.17) is 17.3 Å². The van der Waals surface area contributed by atoms with Crippen LogP contribution in [-0.4, -0.2) is 45.2 Å². The molecular weight excluding hydrogens is 368 g/mol. The van der Waals surface area contributed by atoms with Crippen molar-refractivity contribution in [3.05, 3.63) is 46.5 Å². The van der Waals surface area contributed by atoms with Gasteiger partial charge in [0.05, 0.1) is 18.2 Å². The van der Waals surface area contributed by atoms with E-state index < -0.39 is 9.84 Å². The van der Waals surface area contributed by atoms with Crippen molar-refractivity contribution in [2.45, 2.75) is 45.4 Å². The van der Waals surface area contributed by atoms with Crippen molar-refractivity contribution in [1.82, 2.24) is 19.2 Å². The minimum atomic E-state index is -2.95. The Bertz CT molecular complexity index is 916. The van der Waals surface area contributed by atoms with Crippen molar-refractivity contribution < 1.29 is 8.42 Å². The summed E-state index contributed by atoms with van der Waals surface area (Å²) >= 11 is 5.56. The minimum Gasteiger partial charge on any atom is -0.307 e. The lowest BCUT2D eigenvalue weighted by molar-refractivity contribution is 0.153. The third-order valence-electron chi connectivity index (χ3n) is 4.95. The van der Waals surface area contributed by atoms with Crippen LogP contribution in [0, 0.1) is 4.77 Å². The minimum absolute atomic E-state index is 0.0606. The second kappa shape index (κ2) is 7.62. The lowest BCUT2D eigenvalue weighted by Crippen LogP contribution is -2.33. The number of sulfone groups is 1. The molecule has 0 spiro atoms. The van der Waals surface area contributed by atoms with Gasteiger partial charge in [0.2, 0.25) is 0 Å². The van der Waals surface area contributed by atoms with Crippen molar-refractivity contribution in [2.24, 2.45) is 7.05 Å². The first-order valence-corrected chi connectivity index (χ1v) is 11.1. The molecule has 8 heteroatoms. The number of benzene rings is 1. The van der Waals surface area contributed by atoms with Gasteiger partial charge in [-0.3, -0.25) is 4.90 Å². The van der Waals surface area contributed by atoms with Crippen molar-refractivity contribution >= 4 is 22.1 Å². The highest BCUT2D eigenvalue weighted by molar-refractivity contribution is 7.91. The molecule has 0 bridgehead atoms. The Hall–Kier alpha value is -1.51. The van der Waals surface area contributed by atoms with Crippen LogP contribution in [0.4, 0.5) is 0 Å². The van der Waals surface area contributed by atoms with Crippen LogP contribution >= 0.6 is 12.2 Å². The molecule has 1 unspecified atom stereocenters. The molecule has 0 N–H and O–H groups in total. The Kier molecular flexibility index (Phi) is 5.64. The number of nitrogens with zero attached hydrogens (tertiary/aromatic N) is 4. The summed E-state index contributed by atoms with van der Waals surface area (Å²) in [5.74, 6) is 1.13. The maximum Gasteiger partial charge on any atom is 0.198 e. The molecule has 26 heavy (non-hydrogen) atoms. The first-order chi connectivity index (χ1) is 12.3. The highest BCUT2D eigenvalue weighted by atomic mass is 32.2. The topological polar surface area (TPSA) is 60.1 Å². The van der Waals surface area contributed by atoms with Gasteiger partial charge in [0, 0.05) is 25.6 Å². The number of hydrogen-bond donors (Lipinski definition) is 0. The standard InChI is InChI=1S/C18H26N4O2S2/c1-14(2)21(11-15-7-5-4-6-8-15)13-22-18(25)20(3)17(19-22)16-9-10-26(23,24)12-16/h4-8,14,16H,9-13H2,1-3H3. The highest BCUT2D eigenvalue weighted by Gasteiger charge is 2.32. The number of hydrogen-bond acceptors (Lipinski definition) is 5. The van der Waals surface area contributed by atoms with E-state index in [0.717, 1.165) is 12.4 Å². The van der Waals surface area contributed by atoms with E-state index in [0.29, 0.717) is 23.9 Å². The zero-order valence-electron chi connectivity index (χ0n) is 15.5. The lowest BCUT2D eigenvalue weighted by atomic mass is 10.1. The van der Waals surface area contributed by atoms with Gasteiger partial charge in [0.1, 0.15) is 5.82 Å². The second-order valence-corrected chi connectivity index (χ2v) is 9.86. The van der Waals surface area contributed by atoms with Gasteiger partial charge < -0.3 is 4.57 Å². The summed E-state index contributed by atoms with van der Waals surface area (Å²) < 4.78 is 27.9. The predicted octanol–water partition coefficient (Wildman–Crippen LogP) is 2.72. The van der Waals surface area contributed by atoms with Crippen molar-refractivity contribution in [3.8, 4) is 0 Å². The molecule has 1 aliphatic heterocycles. The summed E-state index contributed by atoms with van der Waals surface area (Å²) in [6.07, 6.45) is 0.625. The molecule has 6 nitrogen and oxygen atoms in total. The first kappa shape index (κ1) is 19.3. The fraction of sp³-hybridized carbons (Fsp3) is 0.556. The van der Waals surface area contributed by atoms with Crippen LogP contribution in [0.1, 0.15) is 37.6 Å². The molecule has 0 saturated carbocycles. The molecule has 1 fully saturated rings.